The third-order valence-corrected chi connectivity index (χ3v) is 5.90. The van der Waals surface area contributed by atoms with Crippen molar-refractivity contribution in [2.45, 2.75) is 50.7 Å². The highest BCUT2D eigenvalue weighted by Crippen LogP contribution is 2.46. The first kappa shape index (κ1) is 19.5. The molecule has 4 rings (SSSR count). The zero-order chi connectivity index (χ0) is 20.3. The van der Waals surface area contributed by atoms with Gasteiger partial charge in [-0.2, -0.15) is 0 Å². The molecule has 2 heterocycles. The molecule has 0 bridgehead atoms. The number of urea groups is 1. The molecule has 1 atom stereocenters. The van der Waals surface area contributed by atoms with Crippen molar-refractivity contribution in [1.82, 2.24) is 20.9 Å². The Kier molecular flexibility index (Phi) is 5.60. The highest BCUT2D eigenvalue weighted by atomic mass is 16.5. The summed E-state index contributed by atoms with van der Waals surface area (Å²) >= 11 is 0. The summed E-state index contributed by atoms with van der Waals surface area (Å²) in [5.41, 5.74) is 1.05. The summed E-state index contributed by atoms with van der Waals surface area (Å²) in [7, 11) is 0. The number of nitrogens with zero attached hydrogens (tertiary/aromatic N) is 2. The van der Waals surface area contributed by atoms with Crippen molar-refractivity contribution in [3.8, 4) is 5.75 Å². The van der Waals surface area contributed by atoms with Crippen LogP contribution >= 0.6 is 0 Å². The molecule has 1 saturated carbocycles. The van der Waals surface area contributed by atoms with Gasteiger partial charge in [-0.05, 0) is 38.7 Å². The normalized spacial score (nSPS) is 23.0. The molecule has 156 valence electrons. The van der Waals surface area contributed by atoms with Gasteiger partial charge in [-0.1, -0.05) is 18.2 Å². The Morgan fingerprint density at radius 3 is 2.83 bits per heavy atom. The highest BCUT2D eigenvalue weighted by molar-refractivity contribution is 6.01. The number of imide groups is 1. The molecular formula is C21H29N5O3. The summed E-state index contributed by atoms with van der Waals surface area (Å²) in [5.74, 6) is 1.44. The average molecular weight is 399 g/mol. The highest BCUT2D eigenvalue weighted by Gasteiger charge is 2.43. The number of nitrogens with one attached hydrogen (secondary N) is 3. The Morgan fingerprint density at radius 2 is 2.10 bits per heavy atom. The van der Waals surface area contributed by atoms with Gasteiger partial charge in [0.2, 0.25) is 5.91 Å². The zero-order valence-electron chi connectivity index (χ0n) is 16.9. The molecule has 0 aromatic heterocycles. The van der Waals surface area contributed by atoms with Gasteiger partial charge in [0.05, 0.1) is 25.7 Å². The molecule has 1 saturated heterocycles. The molecule has 1 aromatic carbocycles. The van der Waals surface area contributed by atoms with Gasteiger partial charge in [-0.3, -0.25) is 14.7 Å². The van der Waals surface area contributed by atoms with E-state index < -0.39 is 0 Å². The quantitative estimate of drug-likeness (QED) is 0.400. The van der Waals surface area contributed by atoms with Crippen LogP contribution in [0.5, 0.6) is 5.75 Å². The van der Waals surface area contributed by atoms with Gasteiger partial charge in [-0.15, -0.1) is 0 Å². The molecule has 1 aliphatic carbocycles. The van der Waals surface area contributed by atoms with Crippen molar-refractivity contribution in [3.05, 3.63) is 29.8 Å². The van der Waals surface area contributed by atoms with Crippen LogP contribution in [0.4, 0.5) is 4.79 Å². The number of aliphatic imine (C=N–C) groups is 1. The predicted molar refractivity (Wildman–Crippen MR) is 110 cm³/mol. The lowest BCUT2D eigenvalue weighted by Gasteiger charge is -2.40. The summed E-state index contributed by atoms with van der Waals surface area (Å²) in [6, 6.07) is 7.96. The summed E-state index contributed by atoms with van der Waals surface area (Å²) in [6.45, 7) is 3.44. The first-order valence-electron chi connectivity index (χ1n) is 10.5. The van der Waals surface area contributed by atoms with Gasteiger partial charge in [0.15, 0.2) is 5.96 Å². The number of ether oxygens (including phenoxy) is 1. The van der Waals surface area contributed by atoms with Gasteiger partial charge >= 0.3 is 6.03 Å². The molecule has 3 aliphatic rings. The maximum atomic E-state index is 11.7. The Hall–Kier alpha value is -2.77. The largest absolute Gasteiger partial charge is 0.487 e. The number of carbonyl (C=O) groups excluding carboxylic acids is 2. The molecule has 1 spiro atoms. The summed E-state index contributed by atoms with van der Waals surface area (Å²) < 4.78 is 6.44. The molecule has 0 radical (unpaired) electrons. The fourth-order valence-electron chi connectivity index (χ4n) is 4.50. The van der Waals surface area contributed by atoms with Gasteiger partial charge in [0.25, 0.3) is 0 Å². The fourth-order valence-corrected chi connectivity index (χ4v) is 4.50. The van der Waals surface area contributed by atoms with Crippen molar-refractivity contribution in [2.24, 2.45) is 4.99 Å². The number of fused-ring (bicyclic) bond motifs is 1. The monoisotopic (exact) mass is 399 g/mol. The molecule has 2 fully saturated rings. The molecule has 1 aromatic rings. The van der Waals surface area contributed by atoms with Crippen LogP contribution < -0.4 is 20.7 Å². The van der Waals surface area contributed by atoms with E-state index in [1.165, 1.54) is 17.7 Å². The van der Waals surface area contributed by atoms with Crippen LogP contribution in [0.15, 0.2) is 29.3 Å². The lowest BCUT2D eigenvalue weighted by atomic mass is 9.86. The van der Waals surface area contributed by atoms with Crippen LogP contribution in [0.3, 0.4) is 0 Å². The van der Waals surface area contributed by atoms with Crippen LogP contribution in [-0.2, 0) is 4.79 Å². The number of carbonyl (C=O) groups is 2. The van der Waals surface area contributed by atoms with E-state index in [0.717, 1.165) is 37.1 Å². The Bertz CT molecular complexity index is 787. The number of hydrogen-bond donors (Lipinski definition) is 3. The van der Waals surface area contributed by atoms with E-state index in [1.807, 2.05) is 25.1 Å². The van der Waals surface area contributed by atoms with E-state index in [0.29, 0.717) is 12.5 Å². The third kappa shape index (κ3) is 4.16. The Morgan fingerprint density at radius 1 is 1.31 bits per heavy atom. The third-order valence-electron chi connectivity index (χ3n) is 5.90. The minimum atomic E-state index is -0.343. The first-order chi connectivity index (χ1) is 14.1. The average Bonchev–Trinajstić information content (AvgIpc) is 3.29. The molecule has 8 heteroatoms. The van der Waals surface area contributed by atoms with Crippen molar-refractivity contribution < 1.29 is 14.3 Å². The van der Waals surface area contributed by atoms with Crippen LogP contribution in [0.1, 0.15) is 50.6 Å². The van der Waals surface area contributed by atoms with Crippen molar-refractivity contribution in [1.29, 1.82) is 0 Å². The predicted octanol–water partition coefficient (Wildman–Crippen LogP) is 1.93. The van der Waals surface area contributed by atoms with Crippen LogP contribution in [-0.4, -0.2) is 54.6 Å². The minimum Gasteiger partial charge on any atom is -0.487 e. The van der Waals surface area contributed by atoms with Crippen LogP contribution in [0, 0.1) is 0 Å². The van der Waals surface area contributed by atoms with E-state index in [4.69, 9.17) is 4.74 Å². The van der Waals surface area contributed by atoms with Crippen LogP contribution in [0.25, 0.3) is 0 Å². The number of benzene rings is 1. The number of para-hydroxylation sites is 1. The maximum absolute atomic E-state index is 11.7. The van der Waals surface area contributed by atoms with E-state index in [1.54, 1.807) is 0 Å². The van der Waals surface area contributed by atoms with E-state index in [2.05, 4.69) is 27.0 Å². The molecule has 3 amide bonds. The maximum Gasteiger partial charge on any atom is 0.324 e. The number of hydrogen-bond acceptors (Lipinski definition) is 4. The van der Waals surface area contributed by atoms with Gasteiger partial charge in [-0.25, -0.2) is 4.79 Å². The molecular weight excluding hydrogens is 370 g/mol. The molecule has 8 nitrogen and oxygen atoms in total. The lowest BCUT2D eigenvalue weighted by molar-refractivity contribution is -0.124. The number of guanidine groups is 1. The molecule has 29 heavy (non-hydrogen) atoms. The zero-order valence-corrected chi connectivity index (χ0v) is 16.9. The van der Waals surface area contributed by atoms with E-state index in [9.17, 15) is 9.59 Å². The second-order valence-corrected chi connectivity index (χ2v) is 7.90. The second kappa shape index (κ2) is 8.31. The summed E-state index contributed by atoms with van der Waals surface area (Å²) in [5, 5.41) is 9.38. The van der Waals surface area contributed by atoms with Gasteiger partial charge in [0, 0.05) is 18.5 Å². The summed E-state index contributed by atoms with van der Waals surface area (Å²) in [4.78, 5) is 29.2. The van der Waals surface area contributed by atoms with Crippen molar-refractivity contribution in [3.63, 3.8) is 0 Å². The Labute approximate surface area is 171 Å². The van der Waals surface area contributed by atoms with E-state index >= 15 is 0 Å². The van der Waals surface area contributed by atoms with Gasteiger partial charge < -0.3 is 20.7 Å². The van der Waals surface area contributed by atoms with Crippen LogP contribution in [0.2, 0.25) is 0 Å². The SMILES string of the molecule is CCNC(=NCCN1C(=O)CNC1=O)NC1CC2(CCCC2)Oc2ccccc21. The standard InChI is InChI=1S/C21H29N5O3/c1-2-22-19(23-11-12-26-18(27)14-24-20(26)28)25-16-13-21(9-5-6-10-21)29-17-8-4-3-7-15(16)17/h3-4,7-8,16H,2,5-6,9-14H2,1H3,(H,24,28)(H2,22,23,25). The Balaban J connectivity index is 1.48. The van der Waals surface area contributed by atoms with E-state index in [-0.39, 0.29) is 36.7 Å². The smallest absolute Gasteiger partial charge is 0.324 e. The fraction of sp³-hybridized carbons (Fsp3) is 0.571. The van der Waals surface area contributed by atoms with Crippen molar-refractivity contribution >= 4 is 17.9 Å². The summed E-state index contributed by atoms with van der Waals surface area (Å²) in [6.07, 6.45) is 5.48. The number of rotatable bonds is 5. The molecule has 2 aliphatic heterocycles. The minimum absolute atomic E-state index is 0.0712. The topological polar surface area (TPSA) is 95.1 Å². The lowest BCUT2D eigenvalue weighted by Crippen LogP contribution is -2.47. The molecule has 3 N–H and O–H groups in total. The first-order valence-corrected chi connectivity index (χ1v) is 10.5. The second-order valence-electron chi connectivity index (χ2n) is 7.90. The van der Waals surface area contributed by atoms with Crippen molar-refractivity contribution in [2.75, 3.05) is 26.2 Å². The molecule has 1 unspecified atom stereocenters. The van der Waals surface area contributed by atoms with Gasteiger partial charge in [0.1, 0.15) is 11.4 Å². The number of amides is 3.